The summed E-state index contributed by atoms with van der Waals surface area (Å²) in [6.07, 6.45) is -0.813. The summed E-state index contributed by atoms with van der Waals surface area (Å²) in [4.78, 5) is 30.3. The normalized spacial score (nSPS) is 13.7. The lowest BCUT2D eigenvalue weighted by molar-refractivity contribution is 0.0514. The van der Waals surface area contributed by atoms with Crippen LogP contribution in [0.5, 0.6) is 0 Å². The van der Waals surface area contributed by atoms with Crippen LogP contribution in [0.15, 0.2) is 30.3 Å². The Hall–Kier alpha value is -1.36. The number of ether oxygens (including phenoxy) is 1. The van der Waals surface area contributed by atoms with Gasteiger partial charge in [-0.2, -0.15) is 0 Å². The molecule has 20 heavy (non-hydrogen) atoms. The van der Waals surface area contributed by atoms with Crippen LogP contribution in [-0.2, 0) is 15.7 Å². The van der Waals surface area contributed by atoms with Crippen LogP contribution in [0.2, 0.25) is 0 Å². The summed E-state index contributed by atoms with van der Waals surface area (Å²) in [5.41, 5.74) is -0.00658. The van der Waals surface area contributed by atoms with Gasteiger partial charge >= 0.3 is 13.7 Å². The van der Waals surface area contributed by atoms with Crippen molar-refractivity contribution in [1.29, 1.82) is 0 Å². The minimum atomic E-state index is -4.47. The number of carbonyl (C=O) groups is 1. The fourth-order valence-electron chi connectivity index (χ4n) is 1.53. The van der Waals surface area contributed by atoms with Gasteiger partial charge in [-0.05, 0) is 26.3 Å². The fraction of sp³-hybridized carbons (Fsp3) is 0.462. The van der Waals surface area contributed by atoms with Crippen molar-refractivity contribution < 1.29 is 23.9 Å². The molecule has 0 saturated heterocycles. The lowest BCUT2D eigenvalue weighted by atomic mass is 10.1. The molecule has 0 spiro atoms. The SMILES string of the molecule is CC(C)(C)OC(=O)N[C@H](Cc1ccccc1)P(=O)(O)O. The van der Waals surface area contributed by atoms with Crippen molar-refractivity contribution in [3.63, 3.8) is 0 Å². The minimum Gasteiger partial charge on any atom is -0.444 e. The van der Waals surface area contributed by atoms with Crippen molar-refractivity contribution in [3.05, 3.63) is 35.9 Å². The van der Waals surface area contributed by atoms with Crippen LogP contribution in [0.4, 0.5) is 4.79 Å². The first kappa shape index (κ1) is 16.7. The maximum absolute atomic E-state index is 11.6. The maximum Gasteiger partial charge on any atom is 0.408 e. The Balaban J connectivity index is 2.77. The predicted octanol–water partition coefficient (Wildman–Crippen LogP) is 2.26. The number of carbonyl (C=O) groups excluding carboxylic acids is 1. The molecule has 3 N–H and O–H groups in total. The average molecular weight is 301 g/mol. The topological polar surface area (TPSA) is 95.9 Å². The molecule has 0 fully saturated rings. The van der Waals surface area contributed by atoms with Crippen molar-refractivity contribution >= 4 is 13.7 Å². The summed E-state index contributed by atoms with van der Waals surface area (Å²) in [7, 11) is -4.47. The zero-order valence-corrected chi connectivity index (χ0v) is 12.6. The number of amides is 1. The quantitative estimate of drug-likeness (QED) is 0.741. The number of hydrogen-bond acceptors (Lipinski definition) is 3. The summed E-state index contributed by atoms with van der Waals surface area (Å²) in [5.74, 6) is -1.31. The van der Waals surface area contributed by atoms with Gasteiger partial charge < -0.3 is 19.8 Å². The standard InChI is InChI=1S/C13H20NO5P/c1-13(2,3)19-12(15)14-11(20(16,17)18)9-10-7-5-4-6-8-10/h4-8,11H,9H2,1-3H3,(H,14,15)(H2,16,17,18)/t11-/m0/s1. The molecule has 0 bridgehead atoms. The van der Waals surface area contributed by atoms with E-state index in [1.807, 2.05) is 0 Å². The number of nitrogens with one attached hydrogen (secondary N) is 1. The van der Waals surface area contributed by atoms with E-state index in [0.717, 1.165) is 5.56 Å². The number of hydrogen-bond donors (Lipinski definition) is 3. The Morgan fingerprint density at radius 3 is 2.30 bits per heavy atom. The van der Waals surface area contributed by atoms with Gasteiger partial charge in [0.2, 0.25) is 0 Å². The molecular formula is C13H20NO5P. The molecule has 1 aromatic rings. The first-order valence-electron chi connectivity index (χ1n) is 6.16. The van der Waals surface area contributed by atoms with E-state index in [1.54, 1.807) is 51.1 Å². The molecule has 0 aliphatic heterocycles. The largest absolute Gasteiger partial charge is 0.444 e. The van der Waals surface area contributed by atoms with E-state index >= 15 is 0 Å². The highest BCUT2D eigenvalue weighted by Gasteiger charge is 2.32. The van der Waals surface area contributed by atoms with Crippen LogP contribution >= 0.6 is 7.60 Å². The Morgan fingerprint density at radius 1 is 1.30 bits per heavy atom. The molecule has 0 radical (unpaired) electrons. The number of rotatable bonds is 4. The molecule has 1 aromatic carbocycles. The van der Waals surface area contributed by atoms with Gasteiger partial charge in [-0.25, -0.2) is 4.79 Å². The zero-order valence-electron chi connectivity index (χ0n) is 11.7. The van der Waals surface area contributed by atoms with Crippen molar-refractivity contribution in [2.24, 2.45) is 0 Å². The van der Waals surface area contributed by atoms with Crippen LogP contribution in [0, 0.1) is 0 Å². The monoisotopic (exact) mass is 301 g/mol. The second-order valence-electron chi connectivity index (χ2n) is 5.44. The van der Waals surface area contributed by atoms with E-state index in [2.05, 4.69) is 5.32 Å². The van der Waals surface area contributed by atoms with E-state index < -0.39 is 25.1 Å². The summed E-state index contributed by atoms with van der Waals surface area (Å²) < 4.78 is 16.5. The molecule has 0 aliphatic rings. The van der Waals surface area contributed by atoms with Crippen LogP contribution in [0.25, 0.3) is 0 Å². The van der Waals surface area contributed by atoms with Gasteiger partial charge in [-0.15, -0.1) is 0 Å². The van der Waals surface area contributed by atoms with E-state index in [-0.39, 0.29) is 6.42 Å². The Morgan fingerprint density at radius 2 is 1.85 bits per heavy atom. The van der Waals surface area contributed by atoms with Gasteiger partial charge in [0.1, 0.15) is 11.4 Å². The van der Waals surface area contributed by atoms with Gasteiger partial charge in [0, 0.05) is 6.42 Å². The molecule has 1 rings (SSSR count). The first-order valence-corrected chi connectivity index (χ1v) is 7.85. The molecule has 1 atom stereocenters. The molecule has 0 saturated carbocycles. The van der Waals surface area contributed by atoms with Crippen molar-refractivity contribution in [2.75, 3.05) is 0 Å². The third-order valence-electron chi connectivity index (χ3n) is 2.36. The molecule has 112 valence electrons. The number of alkyl carbamates (subject to hydrolysis) is 1. The summed E-state index contributed by atoms with van der Waals surface area (Å²) in [6, 6.07) is 8.80. The van der Waals surface area contributed by atoms with Gasteiger partial charge in [0.25, 0.3) is 0 Å². The second-order valence-corrected chi connectivity index (χ2v) is 7.24. The van der Waals surface area contributed by atoms with Gasteiger partial charge in [0.05, 0.1) is 0 Å². The summed E-state index contributed by atoms with van der Waals surface area (Å²) in [6.45, 7) is 5.03. The lowest BCUT2D eigenvalue weighted by Gasteiger charge is -2.24. The van der Waals surface area contributed by atoms with Crippen LogP contribution < -0.4 is 5.32 Å². The van der Waals surface area contributed by atoms with E-state index in [9.17, 15) is 19.1 Å². The summed E-state index contributed by atoms with van der Waals surface area (Å²) >= 11 is 0. The van der Waals surface area contributed by atoms with Gasteiger partial charge in [-0.3, -0.25) is 4.57 Å². The van der Waals surface area contributed by atoms with Gasteiger partial charge in [-0.1, -0.05) is 30.3 Å². The molecule has 6 nitrogen and oxygen atoms in total. The molecular weight excluding hydrogens is 281 g/mol. The summed E-state index contributed by atoms with van der Waals surface area (Å²) in [5, 5.41) is 2.24. The molecule has 0 unspecified atom stereocenters. The Kier molecular flexibility index (Phi) is 5.34. The molecule has 0 aromatic heterocycles. The minimum absolute atomic E-state index is 0.0321. The Bertz CT molecular complexity index is 491. The Labute approximate surface area is 118 Å². The first-order chi connectivity index (χ1) is 9.08. The maximum atomic E-state index is 11.6. The van der Waals surface area contributed by atoms with Crippen LogP contribution in [-0.4, -0.2) is 27.3 Å². The molecule has 7 heteroatoms. The smallest absolute Gasteiger partial charge is 0.408 e. The van der Waals surface area contributed by atoms with E-state index in [4.69, 9.17) is 4.74 Å². The van der Waals surface area contributed by atoms with Crippen LogP contribution in [0.3, 0.4) is 0 Å². The van der Waals surface area contributed by atoms with Crippen LogP contribution in [0.1, 0.15) is 26.3 Å². The highest BCUT2D eigenvalue weighted by Crippen LogP contribution is 2.41. The molecule has 1 amide bonds. The van der Waals surface area contributed by atoms with Crippen molar-refractivity contribution in [3.8, 4) is 0 Å². The zero-order chi connectivity index (χ0) is 15.4. The fourth-order valence-corrected chi connectivity index (χ4v) is 2.26. The number of benzene rings is 1. The third kappa shape index (κ3) is 6.19. The second kappa shape index (κ2) is 6.39. The lowest BCUT2D eigenvalue weighted by Crippen LogP contribution is -2.40. The third-order valence-corrected chi connectivity index (χ3v) is 3.48. The van der Waals surface area contributed by atoms with E-state index in [1.165, 1.54) is 0 Å². The predicted molar refractivity (Wildman–Crippen MR) is 75.3 cm³/mol. The van der Waals surface area contributed by atoms with Crippen molar-refractivity contribution in [2.45, 2.75) is 38.6 Å². The molecule has 0 heterocycles. The highest BCUT2D eigenvalue weighted by molar-refractivity contribution is 7.52. The average Bonchev–Trinajstić information content (AvgIpc) is 2.25. The van der Waals surface area contributed by atoms with Gasteiger partial charge in [0.15, 0.2) is 0 Å². The van der Waals surface area contributed by atoms with E-state index in [0.29, 0.717) is 0 Å². The molecule has 0 aliphatic carbocycles. The van der Waals surface area contributed by atoms with Crippen molar-refractivity contribution in [1.82, 2.24) is 5.32 Å². The highest BCUT2D eigenvalue weighted by atomic mass is 31.2.